The first-order valence-corrected chi connectivity index (χ1v) is 7.43. The van der Waals surface area contributed by atoms with E-state index in [1.807, 2.05) is 30.3 Å². The Bertz CT molecular complexity index is 924. The molecule has 0 saturated carbocycles. The number of rotatable bonds is 4. The van der Waals surface area contributed by atoms with Crippen LogP contribution in [0, 0.1) is 0 Å². The predicted octanol–water partition coefficient (Wildman–Crippen LogP) is 1.40. The van der Waals surface area contributed by atoms with Crippen LogP contribution in [0.4, 0.5) is 0 Å². The second kappa shape index (κ2) is 5.81. The molecule has 0 atom stereocenters. The van der Waals surface area contributed by atoms with E-state index in [2.05, 4.69) is 9.97 Å². The highest BCUT2D eigenvalue weighted by Crippen LogP contribution is 2.14. The third-order valence-electron chi connectivity index (χ3n) is 3.67. The van der Waals surface area contributed by atoms with Gasteiger partial charge in [0.1, 0.15) is 5.82 Å². The Balaban J connectivity index is 2.10. The quantitative estimate of drug-likeness (QED) is 0.739. The summed E-state index contributed by atoms with van der Waals surface area (Å²) in [6.07, 6.45) is 0.748. The van der Waals surface area contributed by atoms with E-state index in [1.54, 1.807) is 11.6 Å². The van der Waals surface area contributed by atoms with Gasteiger partial charge in [-0.2, -0.15) is 0 Å². The number of H-pyrrole nitrogens is 1. The lowest BCUT2D eigenvalue weighted by Crippen LogP contribution is -2.29. The van der Waals surface area contributed by atoms with Crippen molar-refractivity contribution in [2.24, 2.45) is 7.05 Å². The minimum Gasteiger partial charge on any atom is -0.321 e. The summed E-state index contributed by atoms with van der Waals surface area (Å²) in [4.78, 5) is 30.5. The number of aryl methyl sites for hydroxylation is 3. The number of aromatic nitrogens is 4. The standard InChI is InChI=1S/C15H15ClN4O2/c1-19-13-12(14(21)18-15(19)22)20(11(9-16)17-13)8-7-10-5-3-2-4-6-10/h2-6H,7-9H2,1H3,(H,18,21,22). The summed E-state index contributed by atoms with van der Waals surface area (Å²) in [6.45, 7) is 0.573. The van der Waals surface area contributed by atoms with Crippen LogP contribution in [-0.2, 0) is 25.9 Å². The zero-order valence-electron chi connectivity index (χ0n) is 12.0. The molecular formula is C15H15ClN4O2. The number of fused-ring (bicyclic) bond motifs is 1. The summed E-state index contributed by atoms with van der Waals surface area (Å²) in [5.41, 5.74) is 0.985. The number of halogens is 1. The highest BCUT2D eigenvalue weighted by Gasteiger charge is 2.16. The van der Waals surface area contributed by atoms with Crippen LogP contribution in [-0.4, -0.2) is 19.1 Å². The molecule has 2 heterocycles. The molecule has 1 N–H and O–H groups in total. The Morgan fingerprint density at radius 1 is 1.23 bits per heavy atom. The van der Waals surface area contributed by atoms with Crippen molar-refractivity contribution in [3.63, 3.8) is 0 Å². The van der Waals surface area contributed by atoms with E-state index < -0.39 is 11.2 Å². The molecule has 0 amide bonds. The third kappa shape index (κ3) is 2.46. The molecule has 0 aliphatic rings. The number of benzene rings is 1. The fourth-order valence-corrected chi connectivity index (χ4v) is 2.71. The fourth-order valence-electron chi connectivity index (χ4n) is 2.51. The number of aromatic amines is 1. The van der Waals surface area contributed by atoms with Gasteiger partial charge in [-0.3, -0.25) is 14.3 Å². The molecule has 0 saturated heterocycles. The van der Waals surface area contributed by atoms with Gasteiger partial charge in [-0.25, -0.2) is 9.78 Å². The first kappa shape index (κ1) is 14.6. The van der Waals surface area contributed by atoms with Crippen LogP contribution < -0.4 is 11.2 Å². The Kier molecular flexibility index (Phi) is 3.85. The van der Waals surface area contributed by atoms with Gasteiger partial charge in [0.15, 0.2) is 11.2 Å². The summed E-state index contributed by atoms with van der Waals surface area (Å²) in [6, 6.07) is 9.96. The number of alkyl halides is 1. The predicted molar refractivity (Wildman–Crippen MR) is 85.3 cm³/mol. The normalized spacial score (nSPS) is 11.2. The molecule has 0 fully saturated rings. The van der Waals surface area contributed by atoms with E-state index in [9.17, 15) is 9.59 Å². The minimum atomic E-state index is -0.480. The van der Waals surface area contributed by atoms with Gasteiger partial charge in [-0.1, -0.05) is 30.3 Å². The molecule has 0 aliphatic carbocycles. The maximum absolute atomic E-state index is 12.1. The van der Waals surface area contributed by atoms with Gasteiger partial charge in [-0.15, -0.1) is 11.6 Å². The Morgan fingerprint density at radius 3 is 2.64 bits per heavy atom. The number of hydrogen-bond donors (Lipinski definition) is 1. The smallest absolute Gasteiger partial charge is 0.321 e. The maximum atomic E-state index is 12.1. The third-order valence-corrected chi connectivity index (χ3v) is 3.91. The van der Waals surface area contributed by atoms with Crippen molar-refractivity contribution in [1.82, 2.24) is 19.1 Å². The summed E-state index contributed by atoms with van der Waals surface area (Å²) in [5.74, 6) is 0.760. The topological polar surface area (TPSA) is 72.7 Å². The first-order valence-electron chi connectivity index (χ1n) is 6.90. The molecule has 3 rings (SSSR count). The minimum absolute atomic E-state index is 0.178. The Hall–Kier alpha value is -2.34. The zero-order valence-corrected chi connectivity index (χ0v) is 12.8. The monoisotopic (exact) mass is 318 g/mol. The lowest BCUT2D eigenvalue weighted by atomic mass is 10.1. The average Bonchev–Trinajstić information content (AvgIpc) is 2.91. The van der Waals surface area contributed by atoms with Gasteiger partial charge in [0.25, 0.3) is 5.56 Å². The highest BCUT2D eigenvalue weighted by atomic mass is 35.5. The molecule has 6 nitrogen and oxygen atoms in total. The van der Waals surface area contributed by atoms with E-state index in [1.165, 1.54) is 4.57 Å². The average molecular weight is 319 g/mol. The van der Waals surface area contributed by atoms with E-state index >= 15 is 0 Å². The van der Waals surface area contributed by atoms with Crippen LogP contribution >= 0.6 is 11.6 Å². The number of nitrogens with one attached hydrogen (secondary N) is 1. The molecule has 3 aromatic rings. The van der Waals surface area contributed by atoms with E-state index in [0.29, 0.717) is 23.5 Å². The summed E-state index contributed by atoms with van der Waals surface area (Å²) >= 11 is 5.95. The van der Waals surface area contributed by atoms with Gasteiger partial charge in [-0.05, 0) is 12.0 Å². The molecule has 0 spiro atoms. The second-order valence-corrected chi connectivity index (χ2v) is 5.31. The largest absolute Gasteiger partial charge is 0.329 e. The van der Waals surface area contributed by atoms with E-state index in [4.69, 9.17) is 11.6 Å². The van der Waals surface area contributed by atoms with Crippen LogP contribution in [0.15, 0.2) is 39.9 Å². The van der Waals surface area contributed by atoms with Gasteiger partial charge >= 0.3 is 5.69 Å². The molecule has 0 bridgehead atoms. The molecule has 22 heavy (non-hydrogen) atoms. The summed E-state index contributed by atoms with van der Waals surface area (Å²) < 4.78 is 3.11. The van der Waals surface area contributed by atoms with Crippen LogP contribution in [0.3, 0.4) is 0 Å². The van der Waals surface area contributed by atoms with Crippen molar-refractivity contribution < 1.29 is 0 Å². The fraction of sp³-hybridized carbons (Fsp3) is 0.267. The molecular weight excluding hydrogens is 304 g/mol. The van der Waals surface area contributed by atoms with Crippen molar-refractivity contribution in [3.8, 4) is 0 Å². The molecule has 0 aliphatic heterocycles. The van der Waals surface area contributed by atoms with Crippen LogP contribution in [0.5, 0.6) is 0 Å². The van der Waals surface area contributed by atoms with Gasteiger partial charge in [0.05, 0.1) is 5.88 Å². The van der Waals surface area contributed by atoms with Crippen LogP contribution in [0.2, 0.25) is 0 Å². The molecule has 2 aromatic heterocycles. The van der Waals surface area contributed by atoms with Crippen molar-refractivity contribution in [3.05, 3.63) is 62.6 Å². The SMILES string of the molecule is Cn1c(=O)[nH]c(=O)c2c1nc(CCl)n2CCc1ccccc1. The molecule has 114 valence electrons. The highest BCUT2D eigenvalue weighted by molar-refractivity contribution is 6.16. The molecule has 0 radical (unpaired) electrons. The zero-order chi connectivity index (χ0) is 15.7. The second-order valence-electron chi connectivity index (χ2n) is 5.04. The van der Waals surface area contributed by atoms with Crippen LogP contribution in [0.25, 0.3) is 11.2 Å². The molecule has 1 aromatic carbocycles. The van der Waals surface area contributed by atoms with Crippen LogP contribution in [0.1, 0.15) is 11.4 Å². The maximum Gasteiger partial charge on any atom is 0.329 e. The van der Waals surface area contributed by atoms with Crippen molar-refractivity contribution >= 4 is 22.8 Å². The first-order chi connectivity index (χ1) is 10.6. The van der Waals surface area contributed by atoms with E-state index in [0.717, 1.165) is 12.0 Å². The van der Waals surface area contributed by atoms with Gasteiger partial charge in [0, 0.05) is 13.6 Å². The van der Waals surface area contributed by atoms with Crippen molar-refractivity contribution in [1.29, 1.82) is 0 Å². The van der Waals surface area contributed by atoms with E-state index in [-0.39, 0.29) is 5.88 Å². The lowest BCUT2D eigenvalue weighted by Gasteiger charge is -2.07. The Morgan fingerprint density at radius 2 is 1.95 bits per heavy atom. The molecule has 7 heteroatoms. The van der Waals surface area contributed by atoms with Crippen molar-refractivity contribution in [2.45, 2.75) is 18.8 Å². The number of imidazole rings is 1. The van der Waals surface area contributed by atoms with Gasteiger partial charge in [0.2, 0.25) is 0 Å². The lowest BCUT2D eigenvalue weighted by molar-refractivity contribution is 0.685. The molecule has 0 unspecified atom stereocenters. The van der Waals surface area contributed by atoms with Gasteiger partial charge < -0.3 is 4.57 Å². The number of hydrogen-bond acceptors (Lipinski definition) is 3. The summed E-state index contributed by atoms with van der Waals surface area (Å²) in [7, 11) is 1.58. The summed E-state index contributed by atoms with van der Waals surface area (Å²) in [5, 5.41) is 0. The van der Waals surface area contributed by atoms with Crippen molar-refractivity contribution in [2.75, 3.05) is 0 Å². The number of nitrogens with zero attached hydrogens (tertiary/aromatic N) is 3. The Labute approximate surface area is 131 Å².